The third kappa shape index (κ3) is 7.91. The van der Waals surface area contributed by atoms with Crippen molar-refractivity contribution < 1.29 is 57.8 Å². The van der Waals surface area contributed by atoms with E-state index in [-0.39, 0.29) is 29.3 Å². The molecule has 1 saturated carbocycles. The molecule has 1 aromatic heterocycles. The number of pyridine rings is 1. The predicted octanol–water partition coefficient (Wildman–Crippen LogP) is 6.85. The molecular weight excluding hydrogens is 666 g/mol. The number of hydrogen-bond acceptors (Lipinski definition) is 7. The van der Waals surface area contributed by atoms with Gasteiger partial charge in [0.1, 0.15) is 22.4 Å². The number of esters is 1. The molecule has 250 valence electrons. The molecule has 8 nitrogen and oxygen atoms in total. The number of fused-ring (bicyclic) bond motifs is 1. The molecule has 0 bridgehead atoms. The van der Waals surface area contributed by atoms with Crippen LogP contribution in [0.25, 0.3) is 0 Å². The molecule has 0 amide bonds. The van der Waals surface area contributed by atoms with Crippen LogP contribution in [-0.2, 0) is 27.5 Å². The minimum absolute atomic E-state index is 0.0498. The second-order valence-electron chi connectivity index (χ2n) is 10.8. The van der Waals surface area contributed by atoms with Crippen molar-refractivity contribution in [2.24, 2.45) is 0 Å². The maximum Gasteiger partial charge on any atom is 0.420 e. The fourth-order valence-corrected chi connectivity index (χ4v) is 7.13. The lowest BCUT2D eigenvalue weighted by Gasteiger charge is -2.40. The normalized spacial score (nSPS) is 20.8. The van der Waals surface area contributed by atoms with E-state index in [1.807, 2.05) is 0 Å². The lowest BCUT2D eigenvalue weighted by Crippen LogP contribution is -2.47. The molecule has 1 aliphatic carbocycles. The molecule has 0 radical (unpaired) electrons. The zero-order valence-electron chi connectivity index (χ0n) is 23.8. The minimum atomic E-state index is -5.13. The van der Waals surface area contributed by atoms with Crippen molar-refractivity contribution in [1.82, 2.24) is 9.29 Å². The fourth-order valence-electron chi connectivity index (χ4n) is 5.41. The first-order valence-electron chi connectivity index (χ1n) is 13.5. The Balaban J connectivity index is 1.84. The second kappa shape index (κ2) is 12.7. The van der Waals surface area contributed by atoms with Gasteiger partial charge < -0.3 is 14.4 Å². The van der Waals surface area contributed by atoms with E-state index in [9.17, 15) is 48.3 Å². The van der Waals surface area contributed by atoms with Crippen LogP contribution >= 0.6 is 11.6 Å². The molecule has 2 aliphatic rings. The van der Waals surface area contributed by atoms with Gasteiger partial charge in [-0.15, -0.1) is 0 Å². The van der Waals surface area contributed by atoms with Crippen LogP contribution in [0.5, 0.6) is 5.75 Å². The Bertz CT molecular complexity index is 1530. The molecular formula is C27H28ClF8N3O5S. The van der Waals surface area contributed by atoms with Crippen LogP contribution in [0.1, 0.15) is 60.1 Å². The monoisotopic (exact) mass is 693 g/mol. The van der Waals surface area contributed by atoms with Gasteiger partial charge in [-0.25, -0.2) is 27.0 Å². The molecule has 0 spiro atoms. The van der Waals surface area contributed by atoms with Gasteiger partial charge in [0.15, 0.2) is 5.69 Å². The average Bonchev–Trinajstić information content (AvgIpc) is 3.02. The molecule has 2 heterocycles. The van der Waals surface area contributed by atoms with Crippen molar-refractivity contribution in [2.45, 2.75) is 80.4 Å². The SMILES string of the molecule is COC(=O)c1nc(Cl)ccc1COc1cc2c(cc1C(F)(F)F)N(C1CCC(F)(F)CC1)CC(CCC(F)(F)F)N(C)S2(=O)=O. The number of hydrogen-bond donors (Lipinski definition) is 0. The second-order valence-corrected chi connectivity index (χ2v) is 13.2. The summed E-state index contributed by atoms with van der Waals surface area (Å²) >= 11 is 5.82. The Labute approximate surface area is 258 Å². The highest BCUT2D eigenvalue weighted by atomic mass is 35.5. The Hall–Kier alpha value is -2.92. The van der Waals surface area contributed by atoms with Gasteiger partial charge in [0.2, 0.25) is 15.9 Å². The largest absolute Gasteiger partial charge is 0.488 e. The van der Waals surface area contributed by atoms with E-state index < -0.39 is 107 Å². The molecule has 4 rings (SSSR count). The number of anilines is 1. The molecule has 1 aromatic carbocycles. The molecule has 0 N–H and O–H groups in total. The van der Waals surface area contributed by atoms with Gasteiger partial charge in [-0.05, 0) is 31.4 Å². The Morgan fingerprint density at radius 1 is 1.11 bits per heavy atom. The smallest absolute Gasteiger partial charge is 0.420 e. The number of methoxy groups -OCH3 is 1. The predicted molar refractivity (Wildman–Crippen MR) is 145 cm³/mol. The summed E-state index contributed by atoms with van der Waals surface area (Å²) in [6.07, 6.45) is -13.6. The van der Waals surface area contributed by atoms with E-state index in [4.69, 9.17) is 16.3 Å². The van der Waals surface area contributed by atoms with Gasteiger partial charge >= 0.3 is 18.3 Å². The summed E-state index contributed by atoms with van der Waals surface area (Å²) in [7, 11) is -2.70. The van der Waals surface area contributed by atoms with E-state index >= 15 is 0 Å². The maximum atomic E-state index is 14.4. The lowest BCUT2D eigenvalue weighted by molar-refractivity contribution is -0.139. The number of carbonyl (C=O) groups excluding carboxylic acids is 1. The van der Waals surface area contributed by atoms with Crippen molar-refractivity contribution in [1.29, 1.82) is 0 Å². The highest BCUT2D eigenvalue weighted by Crippen LogP contribution is 2.46. The number of carbonyl (C=O) groups is 1. The van der Waals surface area contributed by atoms with Gasteiger partial charge in [0.05, 0.1) is 18.4 Å². The van der Waals surface area contributed by atoms with E-state index in [2.05, 4.69) is 9.72 Å². The number of sulfonamides is 1. The number of alkyl halides is 8. The van der Waals surface area contributed by atoms with Crippen LogP contribution in [0, 0.1) is 0 Å². The van der Waals surface area contributed by atoms with Crippen LogP contribution < -0.4 is 9.64 Å². The molecule has 2 aromatic rings. The zero-order valence-corrected chi connectivity index (χ0v) is 25.4. The summed E-state index contributed by atoms with van der Waals surface area (Å²) in [5, 5.41) is -0.130. The molecule has 45 heavy (non-hydrogen) atoms. The Morgan fingerprint density at radius 3 is 2.33 bits per heavy atom. The first kappa shape index (κ1) is 34.9. The van der Waals surface area contributed by atoms with Gasteiger partial charge in [-0.3, -0.25) is 0 Å². The minimum Gasteiger partial charge on any atom is -0.488 e. The summed E-state index contributed by atoms with van der Waals surface area (Å²) < 4.78 is 149. The van der Waals surface area contributed by atoms with E-state index in [1.54, 1.807) is 0 Å². The van der Waals surface area contributed by atoms with Gasteiger partial charge in [0, 0.05) is 56.6 Å². The summed E-state index contributed by atoms with van der Waals surface area (Å²) in [6.45, 7) is -1.19. The summed E-state index contributed by atoms with van der Waals surface area (Å²) in [6, 6.07) is 1.37. The number of benzene rings is 1. The van der Waals surface area contributed by atoms with Crippen LogP contribution in [0.4, 0.5) is 40.8 Å². The molecule has 1 aliphatic heterocycles. The fraction of sp³-hybridized carbons (Fsp3) is 0.556. The number of rotatable bonds is 7. The highest BCUT2D eigenvalue weighted by Gasteiger charge is 2.45. The molecule has 1 unspecified atom stereocenters. The number of ether oxygens (including phenoxy) is 2. The Morgan fingerprint density at radius 2 is 1.76 bits per heavy atom. The first-order valence-corrected chi connectivity index (χ1v) is 15.4. The quantitative estimate of drug-likeness (QED) is 0.178. The van der Waals surface area contributed by atoms with E-state index in [0.29, 0.717) is 16.4 Å². The molecule has 0 saturated heterocycles. The number of likely N-dealkylation sites (N-methyl/N-ethyl adjacent to an activating group) is 1. The standard InChI is InChI=1S/C27H28ClF8N3O5S/c1-38-17(7-10-26(31,32)33)13-39(16-5-8-25(29,30)9-6-16)19-11-18(27(34,35)36)20(12-21(19)45(38,41)42)44-14-15-3-4-22(28)37-23(15)24(40)43-2/h3-4,11-12,16-17H,5-10,13-14H2,1-2H3. The molecule has 18 heteroatoms. The van der Waals surface area contributed by atoms with Crippen LogP contribution in [-0.4, -0.2) is 68.6 Å². The number of aromatic nitrogens is 1. The third-order valence-corrected chi connectivity index (χ3v) is 10.00. The van der Waals surface area contributed by atoms with Crippen LogP contribution in [0.3, 0.4) is 0 Å². The highest BCUT2D eigenvalue weighted by molar-refractivity contribution is 7.89. The van der Waals surface area contributed by atoms with Crippen LogP contribution in [0.2, 0.25) is 5.15 Å². The average molecular weight is 694 g/mol. The summed E-state index contributed by atoms with van der Waals surface area (Å²) in [5.74, 6) is -4.98. The first-order chi connectivity index (χ1) is 20.7. The van der Waals surface area contributed by atoms with Gasteiger partial charge in [-0.2, -0.15) is 30.6 Å². The van der Waals surface area contributed by atoms with E-state index in [0.717, 1.165) is 14.2 Å². The third-order valence-electron chi connectivity index (χ3n) is 7.85. The Kier molecular flexibility index (Phi) is 9.86. The topological polar surface area (TPSA) is 89.0 Å². The number of halogens is 9. The van der Waals surface area contributed by atoms with Crippen molar-refractivity contribution in [2.75, 3.05) is 25.6 Å². The molecule has 1 atom stereocenters. The van der Waals surface area contributed by atoms with Gasteiger partial charge in [-0.1, -0.05) is 17.7 Å². The van der Waals surface area contributed by atoms with E-state index in [1.165, 1.54) is 17.0 Å². The summed E-state index contributed by atoms with van der Waals surface area (Å²) in [4.78, 5) is 16.5. The van der Waals surface area contributed by atoms with Crippen molar-refractivity contribution >= 4 is 33.3 Å². The van der Waals surface area contributed by atoms with Crippen molar-refractivity contribution in [3.8, 4) is 5.75 Å². The lowest BCUT2D eigenvalue weighted by atomic mass is 9.90. The molecule has 1 fully saturated rings. The van der Waals surface area contributed by atoms with Gasteiger partial charge in [0.25, 0.3) is 0 Å². The zero-order chi connectivity index (χ0) is 33.5. The number of nitrogens with zero attached hydrogens (tertiary/aromatic N) is 3. The van der Waals surface area contributed by atoms with Crippen LogP contribution in [0.15, 0.2) is 29.2 Å². The van der Waals surface area contributed by atoms with Crippen molar-refractivity contribution in [3.63, 3.8) is 0 Å². The maximum absolute atomic E-state index is 14.4. The summed E-state index contributed by atoms with van der Waals surface area (Å²) in [5.41, 5.74) is -2.34. The van der Waals surface area contributed by atoms with Crippen molar-refractivity contribution in [3.05, 3.63) is 46.2 Å².